The molecule has 0 aliphatic heterocycles. The van der Waals surface area contributed by atoms with Gasteiger partial charge in [0.05, 0.1) is 11.1 Å². The second-order valence-electron chi connectivity index (χ2n) is 3.33. The Bertz CT molecular complexity index is 380. The van der Waals surface area contributed by atoms with E-state index in [2.05, 4.69) is 28.0 Å². The number of oxime groups is 1. The number of halogens is 1. The summed E-state index contributed by atoms with van der Waals surface area (Å²) >= 11 is 3.38. The average Bonchev–Trinajstić information content (AvgIpc) is 2.30. The van der Waals surface area contributed by atoms with Crippen molar-refractivity contribution in [2.45, 2.75) is 19.8 Å². The molecule has 0 aliphatic rings. The minimum Gasteiger partial charge on any atom is -0.492 e. The lowest BCUT2D eigenvalue weighted by molar-refractivity contribution is 0.307. The van der Waals surface area contributed by atoms with E-state index >= 15 is 0 Å². The number of amidine groups is 1. The van der Waals surface area contributed by atoms with Crippen molar-refractivity contribution >= 4 is 21.8 Å². The van der Waals surface area contributed by atoms with Gasteiger partial charge in [0.15, 0.2) is 5.84 Å². The predicted octanol–water partition coefficient (Wildman–Crippen LogP) is 2.72. The van der Waals surface area contributed by atoms with E-state index in [1.54, 1.807) is 18.2 Å². The highest BCUT2D eigenvalue weighted by atomic mass is 79.9. The summed E-state index contributed by atoms with van der Waals surface area (Å²) in [5, 5.41) is 11.5. The summed E-state index contributed by atoms with van der Waals surface area (Å²) in [6, 6.07) is 5.31. The quantitative estimate of drug-likeness (QED) is 0.288. The van der Waals surface area contributed by atoms with Gasteiger partial charge in [-0.3, -0.25) is 0 Å². The van der Waals surface area contributed by atoms with E-state index < -0.39 is 0 Å². The molecule has 0 saturated carbocycles. The zero-order valence-corrected chi connectivity index (χ0v) is 10.7. The van der Waals surface area contributed by atoms with Crippen LogP contribution in [0.1, 0.15) is 25.3 Å². The number of hydrogen-bond acceptors (Lipinski definition) is 3. The molecule has 0 unspecified atom stereocenters. The van der Waals surface area contributed by atoms with Gasteiger partial charge in [-0.25, -0.2) is 0 Å². The fourth-order valence-corrected chi connectivity index (χ4v) is 1.65. The fraction of sp³-hybridized carbons (Fsp3) is 0.364. The number of ether oxygens (including phenoxy) is 1. The van der Waals surface area contributed by atoms with E-state index in [0.29, 0.717) is 12.2 Å². The van der Waals surface area contributed by atoms with E-state index in [1.165, 1.54) is 0 Å². The largest absolute Gasteiger partial charge is 0.492 e. The van der Waals surface area contributed by atoms with Crippen LogP contribution < -0.4 is 10.5 Å². The molecule has 0 radical (unpaired) electrons. The number of rotatable bonds is 5. The Hall–Kier alpha value is -1.23. The highest BCUT2D eigenvalue weighted by Gasteiger charge is 2.05. The monoisotopic (exact) mass is 286 g/mol. The lowest BCUT2D eigenvalue weighted by Crippen LogP contribution is -2.13. The van der Waals surface area contributed by atoms with Gasteiger partial charge in [0.1, 0.15) is 5.75 Å². The normalized spacial score (nSPS) is 11.5. The second kappa shape index (κ2) is 6.37. The van der Waals surface area contributed by atoms with Crippen LogP contribution in [0, 0.1) is 0 Å². The molecule has 1 rings (SSSR count). The Balaban J connectivity index is 2.75. The smallest absolute Gasteiger partial charge is 0.170 e. The summed E-state index contributed by atoms with van der Waals surface area (Å²) < 4.78 is 6.35. The molecule has 0 atom stereocenters. The summed E-state index contributed by atoms with van der Waals surface area (Å²) in [5.74, 6) is 0.851. The number of hydrogen-bond donors (Lipinski definition) is 2. The van der Waals surface area contributed by atoms with Crippen LogP contribution in [0.25, 0.3) is 0 Å². The van der Waals surface area contributed by atoms with Gasteiger partial charge in [-0.2, -0.15) is 0 Å². The van der Waals surface area contributed by atoms with Gasteiger partial charge < -0.3 is 15.7 Å². The number of unbranched alkanes of at least 4 members (excludes halogenated alkanes) is 1. The van der Waals surface area contributed by atoms with Crippen molar-refractivity contribution < 1.29 is 9.94 Å². The molecular formula is C11H15BrN2O2. The number of nitrogens with two attached hydrogens (primary N) is 1. The Kier molecular flexibility index (Phi) is 5.11. The molecule has 1 aromatic rings. The average molecular weight is 287 g/mol. The Labute approximate surface area is 103 Å². The van der Waals surface area contributed by atoms with Crippen molar-refractivity contribution in [2.75, 3.05) is 6.61 Å². The maximum atomic E-state index is 8.54. The summed E-state index contributed by atoms with van der Waals surface area (Å²) in [5.41, 5.74) is 6.12. The van der Waals surface area contributed by atoms with Gasteiger partial charge in [0.2, 0.25) is 0 Å². The van der Waals surface area contributed by atoms with Gasteiger partial charge in [-0.05, 0) is 40.5 Å². The van der Waals surface area contributed by atoms with Crippen LogP contribution in [0.3, 0.4) is 0 Å². The van der Waals surface area contributed by atoms with Gasteiger partial charge in [0, 0.05) is 5.56 Å². The summed E-state index contributed by atoms with van der Waals surface area (Å²) in [7, 11) is 0. The maximum Gasteiger partial charge on any atom is 0.170 e. The summed E-state index contributed by atoms with van der Waals surface area (Å²) in [6.07, 6.45) is 2.12. The second-order valence-corrected chi connectivity index (χ2v) is 4.19. The summed E-state index contributed by atoms with van der Waals surface area (Å²) in [4.78, 5) is 0. The van der Waals surface area contributed by atoms with Gasteiger partial charge in [0.25, 0.3) is 0 Å². The molecule has 88 valence electrons. The van der Waals surface area contributed by atoms with Crippen LogP contribution in [0.4, 0.5) is 0 Å². The molecule has 4 nitrogen and oxygen atoms in total. The molecule has 0 aliphatic carbocycles. The third kappa shape index (κ3) is 3.41. The van der Waals surface area contributed by atoms with Crippen molar-refractivity contribution in [2.24, 2.45) is 10.9 Å². The standard InChI is InChI=1S/C11H15BrN2O2/c1-2-3-6-16-10-5-4-8(7-9(10)12)11(13)14-15/h4-5,7,15H,2-3,6H2,1H3,(H2,13,14). The molecule has 3 N–H and O–H groups in total. The molecule has 0 amide bonds. The molecular weight excluding hydrogens is 272 g/mol. The van der Waals surface area contributed by atoms with Crippen LogP contribution in [0.5, 0.6) is 5.75 Å². The molecule has 16 heavy (non-hydrogen) atoms. The van der Waals surface area contributed by atoms with Crippen LogP contribution in [0.2, 0.25) is 0 Å². The number of nitrogens with zero attached hydrogens (tertiary/aromatic N) is 1. The molecule has 0 saturated heterocycles. The Morgan fingerprint density at radius 1 is 1.56 bits per heavy atom. The van der Waals surface area contributed by atoms with Crippen molar-refractivity contribution in [3.63, 3.8) is 0 Å². The first-order chi connectivity index (χ1) is 7.69. The Morgan fingerprint density at radius 2 is 2.31 bits per heavy atom. The van der Waals surface area contributed by atoms with Crippen molar-refractivity contribution in [3.05, 3.63) is 28.2 Å². The molecule has 1 aromatic carbocycles. The van der Waals surface area contributed by atoms with Gasteiger partial charge >= 0.3 is 0 Å². The molecule has 5 heteroatoms. The van der Waals surface area contributed by atoms with E-state index in [0.717, 1.165) is 23.1 Å². The molecule has 0 fully saturated rings. The van der Waals surface area contributed by atoms with Crippen LogP contribution in [-0.4, -0.2) is 17.6 Å². The molecule has 0 spiro atoms. The lowest BCUT2D eigenvalue weighted by atomic mass is 10.2. The van der Waals surface area contributed by atoms with Gasteiger partial charge in [-0.1, -0.05) is 18.5 Å². The lowest BCUT2D eigenvalue weighted by Gasteiger charge is -2.08. The third-order valence-electron chi connectivity index (χ3n) is 2.09. The molecule has 0 bridgehead atoms. The fourth-order valence-electron chi connectivity index (χ4n) is 1.16. The Morgan fingerprint density at radius 3 is 2.88 bits per heavy atom. The van der Waals surface area contributed by atoms with E-state index in [4.69, 9.17) is 15.7 Å². The topological polar surface area (TPSA) is 67.8 Å². The van der Waals surface area contributed by atoms with Crippen molar-refractivity contribution in [3.8, 4) is 5.75 Å². The minimum atomic E-state index is 0.0841. The van der Waals surface area contributed by atoms with Crippen LogP contribution in [-0.2, 0) is 0 Å². The minimum absolute atomic E-state index is 0.0841. The molecule has 0 aromatic heterocycles. The predicted molar refractivity (Wildman–Crippen MR) is 67.1 cm³/mol. The first-order valence-corrected chi connectivity index (χ1v) is 5.88. The van der Waals surface area contributed by atoms with E-state index in [1.807, 2.05) is 0 Å². The van der Waals surface area contributed by atoms with Gasteiger partial charge in [-0.15, -0.1) is 0 Å². The van der Waals surface area contributed by atoms with E-state index in [-0.39, 0.29) is 5.84 Å². The first kappa shape index (κ1) is 12.8. The zero-order valence-electron chi connectivity index (χ0n) is 9.11. The highest BCUT2D eigenvalue weighted by Crippen LogP contribution is 2.26. The van der Waals surface area contributed by atoms with E-state index in [9.17, 15) is 0 Å². The van der Waals surface area contributed by atoms with Crippen molar-refractivity contribution in [1.82, 2.24) is 0 Å². The summed E-state index contributed by atoms with van der Waals surface area (Å²) in [6.45, 7) is 2.80. The van der Waals surface area contributed by atoms with Crippen LogP contribution in [0.15, 0.2) is 27.8 Å². The highest BCUT2D eigenvalue weighted by molar-refractivity contribution is 9.10. The third-order valence-corrected chi connectivity index (χ3v) is 2.71. The molecule has 0 heterocycles. The number of benzene rings is 1. The SMILES string of the molecule is CCCCOc1ccc(/C(N)=N/O)cc1Br. The maximum absolute atomic E-state index is 8.54. The zero-order chi connectivity index (χ0) is 12.0. The van der Waals surface area contributed by atoms with Crippen molar-refractivity contribution in [1.29, 1.82) is 0 Å². The first-order valence-electron chi connectivity index (χ1n) is 5.09. The van der Waals surface area contributed by atoms with Crippen LogP contribution >= 0.6 is 15.9 Å².